The van der Waals surface area contributed by atoms with Crippen LogP contribution in [0.1, 0.15) is 24.0 Å². The summed E-state index contributed by atoms with van der Waals surface area (Å²) in [6.45, 7) is 1.78. The number of benzene rings is 2. The van der Waals surface area contributed by atoms with E-state index in [1.807, 2.05) is 12.1 Å². The summed E-state index contributed by atoms with van der Waals surface area (Å²) in [5.41, 5.74) is 4.21. The second-order valence-corrected chi connectivity index (χ2v) is 10.3. The van der Waals surface area contributed by atoms with Gasteiger partial charge in [0, 0.05) is 20.6 Å². The van der Waals surface area contributed by atoms with Gasteiger partial charge in [-0.1, -0.05) is 28.1 Å². The number of fused-ring (bicyclic) bond motifs is 5. The highest BCUT2D eigenvalue weighted by Gasteiger charge is 2.47. The molecule has 1 saturated heterocycles. The third kappa shape index (κ3) is 2.34. The first-order valence-corrected chi connectivity index (χ1v) is 11.4. The molecule has 1 aliphatic heterocycles. The minimum atomic E-state index is -3.34. The predicted octanol–water partition coefficient (Wildman–Crippen LogP) is 4.27. The molecular weight excluding hydrogens is 454 g/mol. The van der Waals surface area contributed by atoms with Crippen molar-refractivity contribution in [1.82, 2.24) is 5.32 Å². The molecule has 1 fully saturated rings. The highest BCUT2D eigenvalue weighted by atomic mass is 79.9. The molecule has 1 N–H and O–H groups in total. The van der Waals surface area contributed by atoms with Crippen LogP contribution < -0.4 is 5.32 Å². The summed E-state index contributed by atoms with van der Waals surface area (Å²) >= 11 is 7.08. The van der Waals surface area contributed by atoms with Crippen molar-refractivity contribution in [2.75, 3.05) is 19.3 Å². The fourth-order valence-corrected chi connectivity index (χ4v) is 6.95. The normalized spacial score (nSPS) is 18.5. The lowest BCUT2D eigenvalue weighted by atomic mass is 9.71. The molecule has 1 aliphatic carbocycles. The number of hydrogen-bond donors (Lipinski definition) is 1. The Labute approximate surface area is 159 Å². The van der Waals surface area contributed by atoms with E-state index in [1.54, 1.807) is 0 Å². The van der Waals surface area contributed by atoms with E-state index in [0.717, 1.165) is 47.1 Å². The average molecular weight is 471 g/mol. The lowest BCUT2D eigenvalue weighted by Crippen LogP contribution is -2.40. The van der Waals surface area contributed by atoms with Crippen molar-refractivity contribution in [3.63, 3.8) is 0 Å². The Kier molecular flexibility index (Phi) is 3.95. The number of rotatable bonds is 1. The van der Waals surface area contributed by atoms with Crippen LogP contribution in [0.2, 0.25) is 0 Å². The Morgan fingerprint density at radius 2 is 1.71 bits per heavy atom. The van der Waals surface area contributed by atoms with Crippen LogP contribution in [0.15, 0.2) is 44.2 Å². The van der Waals surface area contributed by atoms with Crippen LogP contribution >= 0.6 is 31.9 Å². The highest BCUT2D eigenvalue weighted by Crippen LogP contribution is 2.56. The molecule has 1 heterocycles. The standard InChI is InChI=1S/C18H17Br2NO2S/c1-24(22,23)17-15(20)5-4-13-12-3-2-11(19)10-14(12)18(16(13)17)6-8-21-9-7-18/h2-5,10,21H,6-9H2,1H3. The highest BCUT2D eigenvalue weighted by molar-refractivity contribution is 9.10. The number of hydrogen-bond acceptors (Lipinski definition) is 3. The molecular formula is C18H17Br2NO2S. The van der Waals surface area contributed by atoms with Gasteiger partial charge in [0.15, 0.2) is 9.84 Å². The van der Waals surface area contributed by atoms with Crippen LogP contribution in [0.25, 0.3) is 11.1 Å². The molecule has 0 aromatic heterocycles. The molecule has 4 rings (SSSR count). The van der Waals surface area contributed by atoms with Gasteiger partial charge in [-0.3, -0.25) is 0 Å². The van der Waals surface area contributed by atoms with Gasteiger partial charge in [-0.25, -0.2) is 8.42 Å². The van der Waals surface area contributed by atoms with Gasteiger partial charge in [0.2, 0.25) is 0 Å². The summed E-state index contributed by atoms with van der Waals surface area (Å²) in [6, 6.07) is 10.2. The van der Waals surface area contributed by atoms with E-state index in [1.165, 1.54) is 11.8 Å². The quantitative estimate of drug-likeness (QED) is 0.677. The predicted molar refractivity (Wildman–Crippen MR) is 103 cm³/mol. The van der Waals surface area contributed by atoms with Crippen molar-refractivity contribution < 1.29 is 8.42 Å². The van der Waals surface area contributed by atoms with Gasteiger partial charge in [-0.15, -0.1) is 0 Å². The second-order valence-electron chi connectivity index (χ2n) is 6.59. The summed E-state index contributed by atoms with van der Waals surface area (Å²) in [4.78, 5) is 0.453. The zero-order valence-electron chi connectivity index (χ0n) is 13.2. The lowest BCUT2D eigenvalue weighted by molar-refractivity contribution is 0.364. The summed E-state index contributed by atoms with van der Waals surface area (Å²) < 4.78 is 26.9. The largest absolute Gasteiger partial charge is 0.317 e. The molecule has 1 spiro atoms. The zero-order chi connectivity index (χ0) is 17.1. The smallest absolute Gasteiger partial charge is 0.176 e. The van der Waals surface area contributed by atoms with Crippen LogP contribution in [0.5, 0.6) is 0 Å². The molecule has 2 aromatic rings. The molecule has 0 amide bonds. The van der Waals surface area contributed by atoms with Gasteiger partial charge in [0.1, 0.15) is 0 Å². The molecule has 24 heavy (non-hydrogen) atoms. The van der Waals surface area contributed by atoms with E-state index < -0.39 is 9.84 Å². The van der Waals surface area contributed by atoms with Crippen molar-refractivity contribution >= 4 is 41.7 Å². The summed E-state index contributed by atoms with van der Waals surface area (Å²) in [5.74, 6) is 0. The van der Waals surface area contributed by atoms with E-state index in [9.17, 15) is 8.42 Å². The van der Waals surface area contributed by atoms with Crippen LogP contribution in [-0.4, -0.2) is 27.8 Å². The number of sulfone groups is 1. The van der Waals surface area contributed by atoms with E-state index in [-0.39, 0.29) is 5.41 Å². The van der Waals surface area contributed by atoms with Crippen molar-refractivity contribution in [3.8, 4) is 11.1 Å². The van der Waals surface area contributed by atoms with Crippen molar-refractivity contribution in [2.45, 2.75) is 23.2 Å². The molecule has 2 aromatic carbocycles. The van der Waals surface area contributed by atoms with Gasteiger partial charge in [0.25, 0.3) is 0 Å². The van der Waals surface area contributed by atoms with E-state index in [2.05, 4.69) is 55.4 Å². The minimum Gasteiger partial charge on any atom is -0.317 e. The van der Waals surface area contributed by atoms with Crippen LogP contribution in [0.3, 0.4) is 0 Å². The molecule has 2 aliphatic rings. The fraction of sp³-hybridized carbons (Fsp3) is 0.333. The Morgan fingerprint density at radius 1 is 1.04 bits per heavy atom. The molecule has 0 saturated carbocycles. The maximum Gasteiger partial charge on any atom is 0.176 e. The van der Waals surface area contributed by atoms with Gasteiger partial charge < -0.3 is 5.32 Å². The third-order valence-electron chi connectivity index (χ3n) is 5.20. The average Bonchev–Trinajstić information content (AvgIpc) is 2.77. The van der Waals surface area contributed by atoms with Crippen LogP contribution in [0.4, 0.5) is 0 Å². The zero-order valence-corrected chi connectivity index (χ0v) is 17.2. The summed E-state index contributed by atoms with van der Waals surface area (Å²) in [5, 5.41) is 3.41. The summed E-state index contributed by atoms with van der Waals surface area (Å²) in [7, 11) is -3.34. The number of halogens is 2. The molecule has 126 valence electrons. The first-order chi connectivity index (χ1) is 11.3. The van der Waals surface area contributed by atoms with Crippen LogP contribution in [0, 0.1) is 0 Å². The second kappa shape index (κ2) is 5.66. The minimum absolute atomic E-state index is 0.234. The fourth-order valence-electron chi connectivity index (χ4n) is 4.27. The van der Waals surface area contributed by atoms with E-state index >= 15 is 0 Å². The van der Waals surface area contributed by atoms with Gasteiger partial charge in [-0.05, 0) is 82.3 Å². The van der Waals surface area contributed by atoms with E-state index in [4.69, 9.17) is 0 Å². The van der Waals surface area contributed by atoms with Crippen LogP contribution in [-0.2, 0) is 15.3 Å². The maximum absolute atomic E-state index is 12.6. The lowest BCUT2D eigenvalue weighted by Gasteiger charge is -2.37. The SMILES string of the molecule is CS(=O)(=O)c1c(Br)ccc2c1C1(CCNCC1)c1cc(Br)ccc1-2. The molecule has 0 radical (unpaired) electrons. The van der Waals surface area contributed by atoms with Gasteiger partial charge >= 0.3 is 0 Å². The number of nitrogens with one attached hydrogen (secondary N) is 1. The van der Waals surface area contributed by atoms with Gasteiger partial charge in [-0.2, -0.15) is 0 Å². The number of piperidine rings is 1. The van der Waals surface area contributed by atoms with E-state index in [0.29, 0.717) is 9.37 Å². The molecule has 3 nitrogen and oxygen atoms in total. The summed E-state index contributed by atoms with van der Waals surface area (Å²) in [6.07, 6.45) is 3.12. The Bertz CT molecular complexity index is 948. The molecule has 0 atom stereocenters. The van der Waals surface area contributed by atoms with Crippen molar-refractivity contribution in [2.24, 2.45) is 0 Å². The third-order valence-corrected chi connectivity index (χ3v) is 7.79. The maximum atomic E-state index is 12.6. The molecule has 0 bridgehead atoms. The van der Waals surface area contributed by atoms with Crippen molar-refractivity contribution in [3.05, 3.63) is 50.4 Å². The Hall–Kier alpha value is -0.690. The topological polar surface area (TPSA) is 46.2 Å². The monoisotopic (exact) mass is 469 g/mol. The van der Waals surface area contributed by atoms with Crippen molar-refractivity contribution in [1.29, 1.82) is 0 Å². The van der Waals surface area contributed by atoms with Gasteiger partial charge in [0.05, 0.1) is 4.90 Å². The first kappa shape index (κ1) is 16.8. The Balaban J connectivity index is 2.14. The first-order valence-electron chi connectivity index (χ1n) is 7.89. The molecule has 6 heteroatoms. The molecule has 0 unspecified atom stereocenters. The Morgan fingerprint density at radius 3 is 2.38 bits per heavy atom.